The van der Waals surface area contributed by atoms with Crippen LogP contribution in [0.5, 0.6) is 5.75 Å². The summed E-state index contributed by atoms with van der Waals surface area (Å²) in [5.74, 6) is 2.40. The first-order valence-corrected chi connectivity index (χ1v) is 8.20. The van der Waals surface area contributed by atoms with Crippen LogP contribution in [0.3, 0.4) is 0 Å². The molecular weight excluding hydrogens is 389 g/mol. The second-order valence-corrected chi connectivity index (χ2v) is 6.19. The number of benzene rings is 2. The maximum absolute atomic E-state index is 5.75. The van der Waals surface area contributed by atoms with Gasteiger partial charge >= 0.3 is 0 Å². The van der Waals surface area contributed by atoms with Gasteiger partial charge in [-0.3, -0.25) is 0 Å². The van der Waals surface area contributed by atoms with Gasteiger partial charge in [0.15, 0.2) is 0 Å². The fourth-order valence-corrected chi connectivity index (χ4v) is 2.52. The molecule has 0 unspecified atom stereocenters. The van der Waals surface area contributed by atoms with Crippen molar-refractivity contribution in [3.63, 3.8) is 0 Å². The molecule has 0 saturated heterocycles. The zero-order valence-corrected chi connectivity index (χ0v) is 14.4. The van der Waals surface area contributed by atoms with Gasteiger partial charge in [-0.05, 0) is 65.9 Å². The number of oxazole rings is 1. The van der Waals surface area contributed by atoms with E-state index >= 15 is 0 Å². The monoisotopic (exact) mass is 405 g/mol. The zero-order chi connectivity index (χ0) is 15.4. The number of halogens is 1. The molecule has 0 bridgehead atoms. The third-order valence-electron chi connectivity index (χ3n) is 3.33. The van der Waals surface area contributed by atoms with Crippen LogP contribution in [0.1, 0.15) is 11.5 Å². The normalized spacial score (nSPS) is 10.6. The first-order valence-electron chi connectivity index (χ1n) is 7.12. The van der Waals surface area contributed by atoms with E-state index in [2.05, 4.69) is 27.6 Å². The topological polar surface area (TPSA) is 35.3 Å². The van der Waals surface area contributed by atoms with Gasteiger partial charge in [-0.1, -0.05) is 18.2 Å². The molecule has 2 aromatic carbocycles. The van der Waals surface area contributed by atoms with Crippen molar-refractivity contribution in [3.8, 4) is 17.2 Å². The number of ether oxygens (including phenoxy) is 1. The Labute approximate surface area is 143 Å². The summed E-state index contributed by atoms with van der Waals surface area (Å²) in [5, 5.41) is 0. The van der Waals surface area contributed by atoms with E-state index in [1.807, 2.05) is 61.5 Å². The van der Waals surface area contributed by atoms with Crippen molar-refractivity contribution < 1.29 is 9.15 Å². The number of aryl methyl sites for hydroxylation is 1. The van der Waals surface area contributed by atoms with E-state index in [1.165, 1.54) is 3.57 Å². The van der Waals surface area contributed by atoms with Gasteiger partial charge in [0.25, 0.3) is 0 Å². The zero-order valence-electron chi connectivity index (χ0n) is 12.3. The van der Waals surface area contributed by atoms with Crippen LogP contribution in [-0.2, 0) is 6.42 Å². The average molecular weight is 405 g/mol. The summed E-state index contributed by atoms with van der Waals surface area (Å²) >= 11 is 2.28. The van der Waals surface area contributed by atoms with Crippen molar-refractivity contribution in [2.45, 2.75) is 13.3 Å². The lowest BCUT2D eigenvalue weighted by atomic mass is 10.2. The summed E-state index contributed by atoms with van der Waals surface area (Å²) in [6.07, 6.45) is 0.730. The molecule has 0 fully saturated rings. The SMILES string of the molecule is Cc1oc(-c2ccccc2)nc1CCOc1ccc(I)cc1. The van der Waals surface area contributed by atoms with E-state index in [1.54, 1.807) is 0 Å². The van der Waals surface area contributed by atoms with Crippen LogP contribution < -0.4 is 4.74 Å². The number of hydrogen-bond acceptors (Lipinski definition) is 3. The highest BCUT2D eigenvalue weighted by Crippen LogP contribution is 2.22. The molecule has 0 radical (unpaired) electrons. The first kappa shape index (κ1) is 15.1. The van der Waals surface area contributed by atoms with Gasteiger partial charge in [0.2, 0.25) is 5.89 Å². The molecule has 0 aliphatic rings. The van der Waals surface area contributed by atoms with Crippen LogP contribution >= 0.6 is 22.6 Å². The van der Waals surface area contributed by atoms with Crippen molar-refractivity contribution in [2.24, 2.45) is 0 Å². The van der Waals surface area contributed by atoms with Crippen molar-refractivity contribution in [1.82, 2.24) is 4.98 Å². The molecule has 0 saturated carbocycles. The Morgan fingerprint density at radius 2 is 1.77 bits per heavy atom. The number of aromatic nitrogens is 1. The minimum absolute atomic E-state index is 0.586. The molecule has 0 amide bonds. The molecule has 0 N–H and O–H groups in total. The molecule has 22 heavy (non-hydrogen) atoms. The van der Waals surface area contributed by atoms with Crippen molar-refractivity contribution >= 4 is 22.6 Å². The second kappa shape index (κ2) is 6.96. The molecule has 4 heteroatoms. The lowest BCUT2D eigenvalue weighted by Crippen LogP contribution is -2.02. The van der Waals surface area contributed by atoms with Crippen molar-refractivity contribution in [3.05, 3.63) is 69.6 Å². The van der Waals surface area contributed by atoms with Gasteiger partial charge in [-0.25, -0.2) is 4.98 Å². The van der Waals surface area contributed by atoms with E-state index < -0.39 is 0 Å². The van der Waals surface area contributed by atoms with E-state index in [0.29, 0.717) is 12.5 Å². The van der Waals surface area contributed by atoms with E-state index in [-0.39, 0.29) is 0 Å². The van der Waals surface area contributed by atoms with Gasteiger partial charge in [0.1, 0.15) is 11.5 Å². The number of rotatable bonds is 5. The summed E-state index contributed by atoms with van der Waals surface area (Å²) in [7, 11) is 0. The van der Waals surface area contributed by atoms with Gasteiger partial charge < -0.3 is 9.15 Å². The standard InChI is InChI=1S/C18H16INO2/c1-13-17(11-12-21-16-9-7-15(19)8-10-16)20-18(22-13)14-5-3-2-4-6-14/h2-10H,11-12H2,1H3. The highest BCUT2D eigenvalue weighted by molar-refractivity contribution is 14.1. The van der Waals surface area contributed by atoms with Crippen molar-refractivity contribution in [1.29, 1.82) is 0 Å². The molecule has 3 aromatic rings. The van der Waals surface area contributed by atoms with E-state index in [4.69, 9.17) is 9.15 Å². The quantitative estimate of drug-likeness (QED) is 0.568. The van der Waals surface area contributed by atoms with Crippen LogP contribution in [0.2, 0.25) is 0 Å². The Balaban J connectivity index is 1.63. The summed E-state index contributed by atoms with van der Waals surface area (Å²) in [6.45, 7) is 2.53. The Morgan fingerprint density at radius 1 is 1.05 bits per heavy atom. The lowest BCUT2D eigenvalue weighted by Gasteiger charge is -2.04. The van der Waals surface area contributed by atoms with E-state index in [9.17, 15) is 0 Å². The minimum atomic E-state index is 0.586. The summed E-state index contributed by atoms with van der Waals surface area (Å²) in [5.41, 5.74) is 1.94. The summed E-state index contributed by atoms with van der Waals surface area (Å²) in [6, 6.07) is 18.0. The fraction of sp³-hybridized carbons (Fsp3) is 0.167. The van der Waals surface area contributed by atoms with Crippen LogP contribution in [0.15, 0.2) is 59.0 Å². The predicted molar refractivity (Wildman–Crippen MR) is 95.0 cm³/mol. The van der Waals surface area contributed by atoms with Gasteiger partial charge in [0, 0.05) is 15.6 Å². The molecule has 0 atom stereocenters. The maximum atomic E-state index is 5.75. The third kappa shape index (κ3) is 3.68. The van der Waals surface area contributed by atoms with Crippen molar-refractivity contribution in [2.75, 3.05) is 6.61 Å². The molecule has 112 valence electrons. The van der Waals surface area contributed by atoms with Gasteiger partial charge in [-0.15, -0.1) is 0 Å². The van der Waals surface area contributed by atoms with Crippen LogP contribution in [0.4, 0.5) is 0 Å². The Bertz CT molecular complexity index is 736. The molecule has 0 spiro atoms. The summed E-state index contributed by atoms with van der Waals surface area (Å²) < 4.78 is 12.7. The maximum Gasteiger partial charge on any atom is 0.226 e. The number of nitrogens with zero attached hydrogens (tertiary/aromatic N) is 1. The molecular formula is C18H16INO2. The Kier molecular flexibility index (Phi) is 4.77. The van der Waals surface area contributed by atoms with E-state index in [0.717, 1.165) is 29.2 Å². The minimum Gasteiger partial charge on any atom is -0.493 e. The Morgan fingerprint density at radius 3 is 2.50 bits per heavy atom. The van der Waals surface area contributed by atoms with Crippen LogP contribution in [-0.4, -0.2) is 11.6 Å². The number of hydrogen-bond donors (Lipinski definition) is 0. The molecule has 1 aromatic heterocycles. The van der Waals surface area contributed by atoms with Crippen LogP contribution in [0.25, 0.3) is 11.5 Å². The van der Waals surface area contributed by atoms with Gasteiger partial charge in [-0.2, -0.15) is 0 Å². The van der Waals surface area contributed by atoms with Crippen LogP contribution in [0, 0.1) is 10.5 Å². The third-order valence-corrected chi connectivity index (χ3v) is 4.05. The molecule has 0 aliphatic carbocycles. The Hall–Kier alpha value is -1.82. The average Bonchev–Trinajstić information content (AvgIpc) is 2.91. The lowest BCUT2D eigenvalue weighted by molar-refractivity contribution is 0.320. The summed E-state index contributed by atoms with van der Waals surface area (Å²) in [4.78, 5) is 4.58. The molecule has 1 heterocycles. The molecule has 0 aliphatic heterocycles. The molecule has 3 nitrogen and oxygen atoms in total. The highest BCUT2D eigenvalue weighted by atomic mass is 127. The predicted octanol–water partition coefficient (Wildman–Crippen LogP) is 4.88. The fourth-order valence-electron chi connectivity index (χ4n) is 2.16. The highest BCUT2D eigenvalue weighted by Gasteiger charge is 2.11. The van der Waals surface area contributed by atoms with Gasteiger partial charge in [0.05, 0.1) is 12.3 Å². The molecule has 3 rings (SSSR count). The smallest absolute Gasteiger partial charge is 0.226 e. The largest absolute Gasteiger partial charge is 0.493 e. The first-order chi connectivity index (χ1) is 10.7. The second-order valence-electron chi connectivity index (χ2n) is 4.94.